The quantitative estimate of drug-likeness (QED) is 0.416. The molecule has 0 saturated heterocycles. The molecular formula is C2H8FeN2O6S2. The molecule has 0 heterocycles. The molecule has 0 aliphatic rings. The summed E-state index contributed by atoms with van der Waals surface area (Å²) in [5, 5.41) is 0. The van der Waals surface area contributed by atoms with E-state index in [0.29, 0.717) is 0 Å². The van der Waals surface area contributed by atoms with Crippen LogP contribution in [0.25, 0.3) is 0 Å². The molecule has 0 aliphatic heterocycles. The summed E-state index contributed by atoms with van der Waals surface area (Å²) in [5.74, 6) is 0. The molecule has 0 aliphatic carbocycles. The molecule has 11 heteroatoms. The Balaban J connectivity index is -0.000000143. The van der Waals surface area contributed by atoms with Crippen LogP contribution in [0.3, 0.4) is 0 Å². The van der Waals surface area contributed by atoms with Crippen LogP contribution in [0, 0.1) is 0 Å². The summed E-state index contributed by atoms with van der Waals surface area (Å²) < 4.78 is 59.0. The van der Waals surface area contributed by atoms with Crippen molar-refractivity contribution in [2.75, 3.05) is 14.1 Å². The molecule has 0 radical (unpaired) electrons. The van der Waals surface area contributed by atoms with Crippen molar-refractivity contribution in [1.29, 1.82) is 0 Å². The maximum absolute atomic E-state index is 9.33. The van der Waals surface area contributed by atoms with Crippen molar-refractivity contribution in [2.24, 2.45) is 0 Å². The minimum atomic E-state index is -4.16. The van der Waals surface area contributed by atoms with Crippen LogP contribution in [0.1, 0.15) is 0 Å². The van der Waals surface area contributed by atoms with E-state index in [0.717, 1.165) is 14.1 Å². The Morgan fingerprint density at radius 2 is 0.923 bits per heavy atom. The molecule has 0 aromatic carbocycles. The average molecular weight is 276 g/mol. The number of nitrogens with one attached hydrogen (secondary N) is 2. The van der Waals surface area contributed by atoms with Gasteiger partial charge in [0.2, 0.25) is 0 Å². The van der Waals surface area contributed by atoms with Crippen molar-refractivity contribution < 1.29 is 43.0 Å². The summed E-state index contributed by atoms with van der Waals surface area (Å²) in [6.45, 7) is 0. The molecular weight excluding hydrogens is 268 g/mol. The van der Waals surface area contributed by atoms with Gasteiger partial charge in [-0.15, -0.1) is 0 Å². The van der Waals surface area contributed by atoms with Gasteiger partial charge in [-0.1, -0.05) is 0 Å². The predicted molar refractivity (Wildman–Crippen MR) is 37.5 cm³/mol. The van der Waals surface area contributed by atoms with Gasteiger partial charge in [0.15, 0.2) is 20.6 Å². The van der Waals surface area contributed by atoms with Gasteiger partial charge in [0.25, 0.3) is 0 Å². The second kappa shape index (κ2) is 7.64. The minimum Gasteiger partial charge on any atom is -0.735 e. The van der Waals surface area contributed by atoms with E-state index in [-0.39, 0.29) is 17.1 Å². The van der Waals surface area contributed by atoms with Gasteiger partial charge in [-0.2, -0.15) is 0 Å². The Hall–Kier alpha value is 0.259. The first-order chi connectivity index (χ1) is 5.12. The maximum atomic E-state index is 9.33. The van der Waals surface area contributed by atoms with Crippen molar-refractivity contribution in [3.8, 4) is 0 Å². The van der Waals surface area contributed by atoms with E-state index in [9.17, 15) is 25.9 Å². The molecule has 8 nitrogen and oxygen atoms in total. The van der Waals surface area contributed by atoms with Crippen molar-refractivity contribution in [2.45, 2.75) is 0 Å². The third-order valence-electron chi connectivity index (χ3n) is 0.500. The largest absolute Gasteiger partial charge is 2.00 e. The van der Waals surface area contributed by atoms with Crippen molar-refractivity contribution >= 4 is 20.6 Å². The first-order valence-corrected chi connectivity index (χ1v) is 5.22. The molecule has 0 amide bonds. The molecule has 0 fully saturated rings. The smallest absolute Gasteiger partial charge is 0.735 e. The fourth-order valence-electron chi connectivity index (χ4n) is 0. The van der Waals surface area contributed by atoms with E-state index in [4.69, 9.17) is 0 Å². The molecule has 13 heavy (non-hydrogen) atoms. The van der Waals surface area contributed by atoms with Gasteiger partial charge in [0.1, 0.15) is 0 Å². The Kier molecular flexibility index (Phi) is 11.1. The van der Waals surface area contributed by atoms with Crippen LogP contribution in [-0.4, -0.2) is 40.0 Å². The fourth-order valence-corrected chi connectivity index (χ4v) is 0. The van der Waals surface area contributed by atoms with Crippen molar-refractivity contribution in [3.63, 3.8) is 0 Å². The summed E-state index contributed by atoms with van der Waals surface area (Å²) in [6.07, 6.45) is 0. The van der Waals surface area contributed by atoms with E-state index in [1.165, 1.54) is 9.44 Å². The molecule has 0 atom stereocenters. The van der Waals surface area contributed by atoms with Crippen molar-refractivity contribution in [3.05, 3.63) is 0 Å². The maximum Gasteiger partial charge on any atom is 2.00 e. The Bertz CT molecular complexity index is 263. The molecule has 0 bridgehead atoms. The van der Waals surface area contributed by atoms with Crippen LogP contribution in [0.4, 0.5) is 0 Å². The normalized spacial score (nSPS) is 10.8. The van der Waals surface area contributed by atoms with Gasteiger partial charge >= 0.3 is 17.1 Å². The summed E-state index contributed by atoms with van der Waals surface area (Å²) in [4.78, 5) is 0. The van der Waals surface area contributed by atoms with Gasteiger partial charge in [-0.3, -0.25) is 0 Å². The topological polar surface area (TPSA) is 138 Å². The second-order valence-corrected chi connectivity index (χ2v) is 3.95. The Morgan fingerprint density at radius 1 is 0.846 bits per heavy atom. The Labute approximate surface area is 87.3 Å². The minimum absolute atomic E-state index is 0. The van der Waals surface area contributed by atoms with Gasteiger partial charge in [-0.05, 0) is 14.1 Å². The van der Waals surface area contributed by atoms with E-state index in [1.807, 2.05) is 0 Å². The third-order valence-corrected chi connectivity index (χ3v) is 1.50. The van der Waals surface area contributed by atoms with Gasteiger partial charge < -0.3 is 9.11 Å². The Morgan fingerprint density at radius 3 is 0.923 bits per heavy atom. The van der Waals surface area contributed by atoms with Gasteiger partial charge in [0, 0.05) is 0 Å². The third kappa shape index (κ3) is 32.9. The van der Waals surface area contributed by atoms with Crippen molar-refractivity contribution in [1.82, 2.24) is 9.44 Å². The molecule has 2 N–H and O–H groups in total. The number of hydrogen-bond acceptors (Lipinski definition) is 6. The van der Waals surface area contributed by atoms with E-state index < -0.39 is 20.6 Å². The van der Waals surface area contributed by atoms with Crippen LogP contribution < -0.4 is 9.44 Å². The molecule has 0 aromatic rings. The fraction of sp³-hybridized carbons (Fsp3) is 1.00. The van der Waals surface area contributed by atoms with Crippen LogP contribution in [0.15, 0.2) is 0 Å². The molecule has 82 valence electrons. The van der Waals surface area contributed by atoms with Crippen LogP contribution in [-0.2, 0) is 37.7 Å². The first kappa shape index (κ1) is 18.9. The molecule has 0 saturated carbocycles. The summed E-state index contributed by atoms with van der Waals surface area (Å²) in [5.41, 5.74) is 0. The van der Waals surface area contributed by atoms with E-state index in [2.05, 4.69) is 0 Å². The molecule has 0 spiro atoms. The SMILES string of the molecule is CNS(=O)(=O)[O-].CNS(=O)(=O)[O-].[Fe+2]. The molecule has 0 rings (SSSR count). The van der Waals surface area contributed by atoms with Crippen LogP contribution in [0.5, 0.6) is 0 Å². The van der Waals surface area contributed by atoms with Crippen LogP contribution >= 0.6 is 0 Å². The monoisotopic (exact) mass is 276 g/mol. The predicted octanol–water partition coefficient (Wildman–Crippen LogP) is -2.67. The van der Waals surface area contributed by atoms with E-state index in [1.54, 1.807) is 0 Å². The van der Waals surface area contributed by atoms with Gasteiger partial charge in [0.05, 0.1) is 0 Å². The molecule has 0 aromatic heterocycles. The molecule has 0 unspecified atom stereocenters. The standard InChI is InChI=1S/2CH5NO3S.Fe/c2*1-2-6(3,4)5;/h2*2H,1H3,(H,3,4,5);/q;;+2/p-2. The summed E-state index contributed by atoms with van der Waals surface area (Å²) >= 11 is 0. The zero-order chi connectivity index (χ0) is 10.4. The first-order valence-electron chi connectivity index (χ1n) is 2.41. The zero-order valence-electron chi connectivity index (χ0n) is 6.62. The van der Waals surface area contributed by atoms with E-state index >= 15 is 0 Å². The summed E-state index contributed by atoms with van der Waals surface area (Å²) in [7, 11) is -6.21. The van der Waals surface area contributed by atoms with Gasteiger partial charge in [-0.25, -0.2) is 26.3 Å². The average Bonchev–Trinajstić information content (AvgIpc) is 1.86. The van der Waals surface area contributed by atoms with Crippen LogP contribution in [0.2, 0.25) is 0 Å². The second-order valence-electron chi connectivity index (χ2n) is 1.32. The zero-order valence-corrected chi connectivity index (χ0v) is 9.36. The number of hydrogen-bond donors (Lipinski definition) is 2. The number of rotatable bonds is 2. The summed E-state index contributed by atoms with van der Waals surface area (Å²) in [6, 6.07) is 0.